The normalized spacial score (nSPS) is 13.6. The van der Waals surface area contributed by atoms with Crippen molar-refractivity contribution in [1.82, 2.24) is 0 Å². The van der Waals surface area contributed by atoms with E-state index in [9.17, 15) is 0 Å². The van der Waals surface area contributed by atoms with Crippen molar-refractivity contribution in [2.24, 2.45) is 5.92 Å². The summed E-state index contributed by atoms with van der Waals surface area (Å²) in [4.78, 5) is 0. The van der Waals surface area contributed by atoms with Gasteiger partial charge in [0.05, 0.1) is 6.61 Å². The van der Waals surface area contributed by atoms with E-state index >= 15 is 0 Å². The smallest absolute Gasteiger partial charge is 0.180 e. The molecule has 13 heavy (non-hydrogen) atoms. The molecule has 0 amide bonds. The third kappa shape index (κ3) is 6.99. The first kappa shape index (κ1) is 12.9. The van der Waals surface area contributed by atoms with Crippen LogP contribution in [-0.4, -0.2) is 33.7 Å². The van der Waals surface area contributed by atoms with E-state index in [1.807, 2.05) is 0 Å². The molecule has 0 saturated carbocycles. The molecule has 80 valence electrons. The molecule has 0 aliphatic carbocycles. The number of methoxy groups -OCH3 is 2. The minimum atomic E-state index is -0.228. The first-order chi connectivity index (χ1) is 6.24. The Labute approximate surface area is 81.4 Å². The fraction of sp³-hybridized carbons (Fsp3) is 1.00. The molecule has 0 aromatic heterocycles. The molecular weight excluding hydrogens is 168 g/mol. The molecule has 0 aromatic carbocycles. The van der Waals surface area contributed by atoms with Gasteiger partial charge in [0.2, 0.25) is 0 Å². The summed E-state index contributed by atoms with van der Waals surface area (Å²) >= 11 is 0. The minimum absolute atomic E-state index is 0.228. The van der Waals surface area contributed by atoms with E-state index in [1.165, 1.54) is 12.8 Å². The first-order valence-corrected chi connectivity index (χ1v) is 4.87. The second kappa shape index (κ2) is 8.48. The quantitative estimate of drug-likeness (QED) is 0.548. The molecule has 0 aliphatic heterocycles. The Morgan fingerprint density at radius 2 is 1.69 bits per heavy atom. The van der Waals surface area contributed by atoms with E-state index in [-0.39, 0.29) is 6.29 Å². The highest BCUT2D eigenvalue weighted by atomic mass is 16.7. The summed E-state index contributed by atoms with van der Waals surface area (Å²) in [6.07, 6.45) is 2.20. The molecule has 0 spiro atoms. The van der Waals surface area contributed by atoms with Gasteiger partial charge in [0.1, 0.15) is 0 Å². The molecule has 0 rings (SSSR count). The lowest BCUT2D eigenvalue weighted by atomic mass is 10.1. The number of hydrogen-bond donors (Lipinski definition) is 0. The Morgan fingerprint density at radius 3 is 2.15 bits per heavy atom. The SMILES string of the molecule is CCCC(C)COCC(OC)OC. The lowest BCUT2D eigenvalue weighted by Gasteiger charge is -2.15. The Bertz CT molecular complexity index is 102. The summed E-state index contributed by atoms with van der Waals surface area (Å²) in [6, 6.07) is 0. The molecule has 0 bridgehead atoms. The number of ether oxygens (including phenoxy) is 3. The molecule has 0 saturated heterocycles. The van der Waals surface area contributed by atoms with Crippen LogP contribution >= 0.6 is 0 Å². The molecule has 0 aliphatic rings. The zero-order valence-corrected chi connectivity index (χ0v) is 9.21. The molecule has 1 unspecified atom stereocenters. The molecule has 3 heteroatoms. The van der Waals surface area contributed by atoms with Crippen LogP contribution in [0.3, 0.4) is 0 Å². The molecular formula is C10H22O3. The van der Waals surface area contributed by atoms with Gasteiger partial charge in [-0.3, -0.25) is 0 Å². The highest BCUT2D eigenvalue weighted by molar-refractivity contribution is 4.50. The molecule has 0 aromatic rings. The maximum Gasteiger partial charge on any atom is 0.180 e. The summed E-state index contributed by atoms with van der Waals surface area (Å²) in [5.74, 6) is 0.624. The maximum absolute atomic E-state index is 5.44. The Kier molecular flexibility index (Phi) is 8.40. The van der Waals surface area contributed by atoms with Crippen LogP contribution in [0.1, 0.15) is 26.7 Å². The summed E-state index contributed by atoms with van der Waals surface area (Å²) in [5, 5.41) is 0. The Balaban J connectivity index is 3.32. The molecule has 3 nitrogen and oxygen atoms in total. The molecule has 0 fully saturated rings. The average Bonchev–Trinajstić information content (AvgIpc) is 2.13. The van der Waals surface area contributed by atoms with E-state index in [2.05, 4.69) is 13.8 Å². The summed E-state index contributed by atoms with van der Waals surface area (Å²) in [7, 11) is 3.24. The first-order valence-electron chi connectivity index (χ1n) is 4.87. The standard InChI is InChI=1S/C10H22O3/c1-5-6-9(2)7-13-8-10(11-3)12-4/h9-10H,5-8H2,1-4H3. The van der Waals surface area contributed by atoms with Gasteiger partial charge < -0.3 is 14.2 Å². The van der Waals surface area contributed by atoms with E-state index in [0.717, 1.165) is 6.61 Å². The molecule has 0 heterocycles. The predicted octanol–water partition coefficient (Wildman–Crippen LogP) is 2.06. The number of hydrogen-bond acceptors (Lipinski definition) is 3. The highest BCUT2D eigenvalue weighted by Gasteiger charge is 2.06. The van der Waals surface area contributed by atoms with Crippen LogP contribution in [0.2, 0.25) is 0 Å². The fourth-order valence-corrected chi connectivity index (χ4v) is 1.17. The molecule has 0 N–H and O–H groups in total. The number of rotatable bonds is 8. The van der Waals surface area contributed by atoms with Crippen molar-refractivity contribution in [3.63, 3.8) is 0 Å². The second-order valence-corrected chi connectivity index (χ2v) is 3.33. The van der Waals surface area contributed by atoms with Crippen LogP contribution in [0.25, 0.3) is 0 Å². The van der Waals surface area contributed by atoms with Gasteiger partial charge in [0, 0.05) is 20.8 Å². The summed E-state index contributed by atoms with van der Waals surface area (Å²) in [6.45, 7) is 5.68. The van der Waals surface area contributed by atoms with Gasteiger partial charge >= 0.3 is 0 Å². The van der Waals surface area contributed by atoms with E-state index < -0.39 is 0 Å². The minimum Gasteiger partial charge on any atom is -0.376 e. The molecule has 0 radical (unpaired) electrons. The summed E-state index contributed by atoms with van der Waals surface area (Å²) < 4.78 is 15.4. The van der Waals surface area contributed by atoms with Crippen LogP contribution in [0.4, 0.5) is 0 Å². The monoisotopic (exact) mass is 190 g/mol. The van der Waals surface area contributed by atoms with Gasteiger partial charge in [0.25, 0.3) is 0 Å². The summed E-state index contributed by atoms with van der Waals surface area (Å²) in [5.41, 5.74) is 0. The average molecular weight is 190 g/mol. The zero-order valence-electron chi connectivity index (χ0n) is 9.21. The lowest BCUT2D eigenvalue weighted by molar-refractivity contribution is -0.142. The lowest BCUT2D eigenvalue weighted by Crippen LogP contribution is -2.21. The van der Waals surface area contributed by atoms with E-state index in [0.29, 0.717) is 12.5 Å². The van der Waals surface area contributed by atoms with Gasteiger partial charge in [-0.2, -0.15) is 0 Å². The highest BCUT2D eigenvalue weighted by Crippen LogP contribution is 2.05. The maximum atomic E-state index is 5.44. The predicted molar refractivity (Wildman–Crippen MR) is 52.7 cm³/mol. The van der Waals surface area contributed by atoms with Crippen molar-refractivity contribution in [2.45, 2.75) is 33.0 Å². The van der Waals surface area contributed by atoms with Crippen LogP contribution in [0.5, 0.6) is 0 Å². The van der Waals surface area contributed by atoms with Crippen LogP contribution in [0.15, 0.2) is 0 Å². The van der Waals surface area contributed by atoms with Crippen molar-refractivity contribution in [1.29, 1.82) is 0 Å². The Morgan fingerprint density at radius 1 is 1.08 bits per heavy atom. The van der Waals surface area contributed by atoms with Crippen molar-refractivity contribution in [3.05, 3.63) is 0 Å². The van der Waals surface area contributed by atoms with Gasteiger partial charge in [-0.1, -0.05) is 20.3 Å². The van der Waals surface area contributed by atoms with Crippen molar-refractivity contribution < 1.29 is 14.2 Å². The van der Waals surface area contributed by atoms with Crippen molar-refractivity contribution in [3.8, 4) is 0 Å². The van der Waals surface area contributed by atoms with Gasteiger partial charge in [-0.15, -0.1) is 0 Å². The second-order valence-electron chi connectivity index (χ2n) is 3.33. The van der Waals surface area contributed by atoms with Gasteiger partial charge in [-0.05, 0) is 12.3 Å². The Hall–Kier alpha value is -0.120. The van der Waals surface area contributed by atoms with Crippen molar-refractivity contribution >= 4 is 0 Å². The van der Waals surface area contributed by atoms with Crippen LogP contribution in [0, 0.1) is 5.92 Å². The van der Waals surface area contributed by atoms with Crippen LogP contribution < -0.4 is 0 Å². The van der Waals surface area contributed by atoms with Gasteiger partial charge in [-0.25, -0.2) is 0 Å². The van der Waals surface area contributed by atoms with E-state index in [1.54, 1.807) is 14.2 Å². The fourth-order valence-electron chi connectivity index (χ4n) is 1.17. The third-order valence-corrected chi connectivity index (χ3v) is 1.96. The topological polar surface area (TPSA) is 27.7 Å². The van der Waals surface area contributed by atoms with Gasteiger partial charge in [0.15, 0.2) is 6.29 Å². The van der Waals surface area contributed by atoms with E-state index in [4.69, 9.17) is 14.2 Å². The van der Waals surface area contributed by atoms with Crippen molar-refractivity contribution in [2.75, 3.05) is 27.4 Å². The third-order valence-electron chi connectivity index (χ3n) is 1.96. The van der Waals surface area contributed by atoms with Crippen LogP contribution in [-0.2, 0) is 14.2 Å². The molecule has 1 atom stereocenters. The zero-order chi connectivity index (χ0) is 10.1. The largest absolute Gasteiger partial charge is 0.376 e.